The van der Waals surface area contributed by atoms with E-state index in [-0.39, 0.29) is 18.1 Å². The molecule has 8 nitrogen and oxygen atoms in total. The predicted octanol–water partition coefficient (Wildman–Crippen LogP) is 0.873. The van der Waals surface area contributed by atoms with Crippen molar-refractivity contribution in [3.8, 4) is 5.75 Å². The number of H-pyrrole nitrogens is 1. The zero-order valence-electron chi connectivity index (χ0n) is 13.1. The molecule has 1 saturated heterocycles. The van der Waals surface area contributed by atoms with Crippen LogP contribution < -0.4 is 10.1 Å². The fraction of sp³-hybridized carbons (Fsp3) is 0.312. The standard InChI is InChI=1S/C16H17N5O3/c1-21-7-11(6-18-21)24-14-9-23-8-13(14)20-16(22)12-5-10-3-2-4-17-15(10)19-12/h2-7,13-14H,8-9H2,1H3,(H,17,19)(H,20,22)/t13-,14+/m0/s1. The number of fused-ring (bicyclic) bond motifs is 1. The van der Waals surface area contributed by atoms with Crippen LogP contribution in [0.2, 0.25) is 0 Å². The summed E-state index contributed by atoms with van der Waals surface area (Å²) in [6.07, 6.45) is 4.85. The fourth-order valence-corrected chi connectivity index (χ4v) is 2.75. The first kappa shape index (κ1) is 14.7. The zero-order chi connectivity index (χ0) is 16.5. The molecule has 0 aromatic carbocycles. The number of nitrogens with one attached hydrogen (secondary N) is 2. The van der Waals surface area contributed by atoms with Crippen molar-refractivity contribution in [3.63, 3.8) is 0 Å². The Balaban J connectivity index is 1.45. The number of amides is 1. The highest BCUT2D eigenvalue weighted by atomic mass is 16.5. The SMILES string of the molecule is Cn1cc(O[C@@H]2COC[C@@H]2NC(=O)c2cc3cccnc3[nH]2)cn1. The lowest BCUT2D eigenvalue weighted by Gasteiger charge is -2.19. The quantitative estimate of drug-likeness (QED) is 0.742. The molecule has 0 radical (unpaired) electrons. The average Bonchev–Trinajstić information content (AvgIpc) is 3.28. The van der Waals surface area contributed by atoms with Gasteiger partial charge in [0.1, 0.15) is 17.4 Å². The molecule has 3 aromatic rings. The summed E-state index contributed by atoms with van der Waals surface area (Å²) in [6.45, 7) is 0.837. The van der Waals surface area contributed by atoms with Crippen LogP contribution in [-0.4, -0.2) is 51.0 Å². The second-order valence-electron chi connectivity index (χ2n) is 5.75. The molecule has 2 N–H and O–H groups in total. The van der Waals surface area contributed by atoms with Crippen LogP contribution in [0.5, 0.6) is 5.75 Å². The Hall–Kier alpha value is -2.87. The third kappa shape index (κ3) is 2.83. The number of hydrogen-bond acceptors (Lipinski definition) is 5. The number of ether oxygens (including phenoxy) is 2. The molecule has 2 atom stereocenters. The Bertz CT molecular complexity index is 838. The molecule has 1 fully saturated rings. The van der Waals surface area contributed by atoms with Crippen molar-refractivity contribution in [1.82, 2.24) is 25.1 Å². The summed E-state index contributed by atoms with van der Waals surface area (Å²) in [6, 6.07) is 5.30. The summed E-state index contributed by atoms with van der Waals surface area (Å²) in [5.41, 5.74) is 1.16. The van der Waals surface area contributed by atoms with Crippen molar-refractivity contribution in [1.29, 1.82) is 0 Å². The van der Waals surface area contributed by atoms with Crippen LogP contribution in [0, 0.1) is 0 Å². The van der Waals surface area contributed by atoms with Gasteiger partial charge in [0.15, 0.2) is 5.75 Å². The topological polar surface area (TPSA) is 94.1 Å². The molecule has 0 bridgehead atoms. The molecular weight excluding hydrogens is 310 g/mol. The highest BCUT2D eigenvalue weighted by Gasteiger charge is 2.32. The van der Waals surface area contributed by atoms with E-state index >= 15 is 0 Å². The number of carbonyl (C=O) groups excluding carboxylic acids is 1. The molecule has 0 unspecified atom stereocenters. The second-order valence-corrected chi connectivity index (χ2v) is 5.75. The van der Waals surface area contributed by atoms with E-state index in [1.165, 1.54) is 0 Å². The van der Waals surface area contributed by atoms with Gasteiger partial charge in [-0.1, -0.05) is 0 Å². The van der Waals surface area contributed by atoms with E-state index in [0.717, 1.165) is 5.39 Å². The van der Waals surface area contributed by atoms with Crippen molar-refractivity contribution in [2.45, 2.75) is 12.1 Å². The van der Waals surface area contributed by atoms with Crippen molar-refractivity contribution < 1.29 is 14.3 Å². The molecule has 0 aliphatic carbocycles. The summed E-state index contributed by atoms with van der Waals surface area (Å²) >= 11 is 0. The van der Waals surface area contributed by atoms with E-state index in [0.29, 0.717) is 30.3 Å². The van der Waals surface area contributed by atoms with Crippen LogP contribution in [0.25, 0.3) is 11.0 Å². The summed E-state index contributed by atoms with van der Waals surface area (Å²) in [4.78, 5) is 19.7. The van der Waals surface area contributed by atoms with E-state index in [1.54, 1.807) is 29.3 Å². The van der Waals surface area contributed by atoms with Gasteiger partial charge in [0.25, 0.3) is 5.91 Å². The maximum absolute atomic E-state index is 12.5. The summed E-state index contributed by atoms with van der Waals surface area (Å²) in [7, 11) is 1.82. The molecule has 1 amide bonds. The lowest BCUT2D eigenvalue weighted by molar-refractivity contribution is 0.0900. The number of hydrogen-bond donors (Lipinski definition) is 2. The molecule has 3 aromatic heterocycles. The molecule has 1 aliphatic heterocycles. The van der Waals surface area contributed by atoms with Crippen molar-refractivity contribution in [2.24, 2.45) is 7.05 Å². The van der Waals surface area contributed by atoms with Crippen LogP contribution >= 0.6 is 0 Å². The summed E-state index contributed by atoms with van der Waals surface area (Å²) < 4.78 is 13.0. The van der Waals surface area contributed by atoms with E-state index in [9.17, 15) is 4.79 Å². The first-order chi connectivity index (χ1) is 11.7. The van der Waals surface area contributed by atoms with Gasteiger partial charge in [-0.25, -0.2) is 4.98 Å². The van der Waals surface area contributed by atoms with E-state index in [1.807, 2.05) is 19.2 Å². The molecule has 1 aliphatic rings. The predicted molar refractivity (Wildman–Crippen MR) is 85.8 cm³/mol. The number of rotatable bonds is 4. The highest BCUT2D eigenvalue weighted by molar-refractivity contribution is 5.97. The van der Waals surface area contributed by atoms with Gasteiger partial charge >= 0.3 is 0 Å². The number of nitrogens with zero attached hydrogens (tertiary/aromatic N) is 3. The smallest absolute Gasteiger partial charge is 0.268 e. The van der Waals surface area contributed by atoms with Gasteiger partial charge in [-0.05, 0) is 18.2 Å². The lowest BCUT2D eigenvalue weighted by atomic mass is 10.2. The molecule has 4 rings (SSSR count). The minimum atomic E-state index is -0.249. The number of carbonyl (C=O) groups is 1. The Labute approximate surface area is 137 Å². The summed E-state index contributed by atoms with van der Waals surface area (Å²) in [5, 5.41) is 7.92. The number of aromatic amines is 1. The lowest BCUT2D eigenvalue weighted by Crippen LogP contribution is -2.45. The van der Waals surface area contributed by atoms with Crippen LogP contribution in [0.15, 0.2) is 36.8 Å². The van der Waals surface area contributed by atoms with Crippen LogP contribution in [0.3, 0.4) is 0 Å². The minimum Gasteiger partial charge on any atom is -0.482 e. The number of aromatic nitrogens is 4. The first-order valence-electron chi connectivity index (χ1n) is 7.67. The molecule has 124 valence electrons. The van der Waals surface area contributed by atoms with Gasteiger partial charge in [-0.15, -0.1) is 0 Å². The largest absolute Gasteiger partial charge is 0.482 e. The molecule has 24 heavy (non-hydrogen) atoms. The Morgan fingerprint density at radius 1 is 1.50 bits per heavy atom. The Kier molecular flexibility index (Phi) is 3.66. The van der Waals surface area contributed by atoms with Crippen molar-refractivity contribution in [2.75, 3.05) is 13.2 Å². The van der Waals surface area contributed by atoms with Crippen LogP contribution in [-0.2, 0) is 11.8 Å². The van der Waals surface area contributed by atoms with Gasteiger partial charge in [0.2, 0.25) is 0 Å². The zero-order valence-corrected chi connectivity index (χ0v) is 13.1. The van der Waals surface area contributed by atoms with Crippen molar-refractivity contribution in [3.05, 3.63) is 42.5 Å². The maximum Gasteiger partial charge on any atom is 0.268 e. The van der Waals surface area contributed by atoms with E-state index in [4.69, 9.17) is 9.47 Å². The number of pyridine rings is 1. The first-order valence-corrected chi connectivity index (χ1v) is 7.67. The third-order valence-corrected chi connectivity index (χ3v) is 3.95. The van der Waals surface area contributed by atoms with Gasteiger partial charge in [0, 0.05) is 18.6 Å². The fourth-order valence-electron chi connectivity index (χ4n) is 2.75. The molecule has 0 spiro atoms. The van der Waals surface area contributed by atoms with Gasteiger partial charge in [-0.2, -0.15) is 5.10 Å². The molecule has 8 heteroatoms. The summed E-state index contributed by atoms with van der Waals surface area (Å²) in [5.74, 6) is 0.449. The van der Waals surface area contributed by atoms with E-state index in [2.05, 4.69) is 20.4 Å². The maximum atomic E-state index is 12.5. The highest BCUT2D eigenvalue weighted by Crippen LogP contribution is 2.17. The Morgan fingerprint density at radius 2 is 2.42 bits per heavy atom. The van der Waals surface area contributed by atoms with Crippen LogP contribution in [0.4, 0.5) is 0 Å². The minimum absolute atomic E-state index is 0.205. The third-order valence-electron chi connectivity index (χ3n) is 3.95. The average molecular weight is 327 g/mol. The van der Waals surface area contributed by atoms with Gasteiger partial charge in [0.05, 0.1) is 31.6 Å². The van der Waals surface area contributed by atoms with Crippen LogP contribution in [0.1, 0.15) is 10.5 Å². The van der Waals surface area contributed by atoms with Crippen molar-refractivity contribution >= 4 is 16.9 Å². The molecule has 4 heterocycles. The van der Waals surface area contributed by atoms with Gasteiger partial charge in [-0.3, -0.25) is 9.48 Å². The van der Waals surface area contributed by atoms with E-state index < -0.39 is 0 Å². The normalized spacial score (nSPS) is 20.4. The monoisotopic (exact) mass is 327 g/mol. The molecule has 0 saturated carbocycles. The number of aryl methyl sites for hydroxylation is 1. The Morgan fingerprint density at radius 3 is 3.21 bits per heavy atom. The second kappa shape index (κ2) is 5.97. The molecular formula is C16H17N5O3. The van der Waals surface area contributed by atoms with Gasteiger partial charge < -0.3 is 19.8 Å².